The molecule has 0 aliphatic carbocycles. The molecule has 1 N–H and O–H groups in total. The van der Waals surface area contributed by atoms with Gasteiger partial charge in [0.1, 0.15) is 0 Å². The standard InChI is InChI=1S/C13H17N3O/c1-9-7-5-6-8-10(9)11-15-16-12(17-11)14-13(2,3)4/h5-8H,1-4H3,(H,14,16). The summed E-state index contributed by atoms with van der Waals surface area (Å²) in [6.45, 7) is 8.16. The van der Waals surface area contributed by atoms with E-state index in [1.165, 1.54) is 0 Å². The lowest BCUT2D eigenvalue weighted by Gasteiger charge is -2.17. The number of hydrogen-bond donors (Lipinski definition) is 1. The van der Waals surface area contributed by atoms with Crippen LogP contribution in [-0.2, 0) is 0 Å². The highest BCUT2D eigenvalue weighted by Crippen LogP contribution is 2.24. The minimum absolute atomic E-state index is 0.0878. The highest BCUT2D eigenvalue weighted by molar-refractivity contribution is 5.58. The third-order valence-electron chi connectivity index (χ3n) is 2.28. The zero-order valence-electron chi connectivity index (χ0n) is 10.6. The molecule has 0 fully saturated rings. The monoisotopic (exact) mass is 231 g/mol. The van der Waals surface area contributed by atoms with E-state index in [0.717, 1.165) is 11.1 Å². The predicted molar refractivity (Wildman–Crippen MR) is 67.8 cm³/mol. The highest BCUT2D eigenvalue weighted by atomic mass is 16.4. The molecule has 2 aromatic rings. The van der Waals surface area contributed by atoms with Crippen molar-refractivity contribution in [2.75, 3.05) is 5.32 Å². The second-order valence-electron chi connectivity index (χ2n) is 5.10. The summed E-state index contributed by atoms with van der Waals surface area (Å²) < 4.78 is 5.59. The van der Waals surface area contributed by atoms with Crippen molar-refractivity contribution < 1.29 is 4.42 Å². The number of aromatic nitrogens is 2. The average Bonchev–Trinajstić information content (AvgIpc) is 2.64. The Bertz CT molecular complexity index is 511. The summed E-state index contributed by atoms with van der Waals surface area (Å²) in [4.78, 5) is 0. The molecule has 0 spiro atoms. The van der Waals surface area contributed by atoms with Crippen LogP contribution in [0, 0.1) is 6.92 Å². The van der Waals surface area contributed by atoms with E-state index < -0.39 is 0 Å². The Morgan fingerprint density at radius 2 is 1.82 bits per heavy atom. The smallest absolute Gasteiger partial charge is 0.316 e. The van der Waals surface area contributed by atoms with Crippen molar-refractivity contribution in [1.29, 1.82) is 0 Å². The maximum Gasteiger partial charge on any atom is 0.316 e. The van der Waals surface area contributed by atoms with E-state index in [1.807, 2.05) is 52.0 Å². The minimum atomic E-state index is -0.0878. The SMILES string of the molecule is Cc1ccccc1-c1nnc(NC(C)(C)C)o1. The van der Waals surface area contributed by atoms with Crippen molar-refractivity contribution >= 4 is 6.01 Å². The van der Waals surface area contributed by atoms with Gasteiger partial charge in [0.15, 0.2) is 0 Å². The number of hydrogen-bond acceptors (Lipinski definition) is 4. The van der Waals surface area contributed by atoms with Gasteiger partial charge in [0.2, 0.25) is 5.89 Å². The Morgan fingerprint density at radius 3 is 2.47 bits per heavy atom. The van der Waals surface area contributed by atoms with Crippen LogP contribution in [0.15, 0.2) is 28.7 Å². The number of anilines is 1. The zero-order valence-corrected chi connectivity index (χ0v) is 10.6. The molecule has 90 valence electrons. The van der Waals surface area contributed by atoms with E-state index in [2.05, 4.69) is 15.5 Å². The van der Waals surface area contributed by atoms with Gasteiger partial charge in [0.05, 0.1) is 0 Å². The van der Waals surface area contributed by atoms with Gasteiger partial charge >= 0.3 is 6.01 Å². The van der Waals surface area contributed by atoms with Gasteiger partial charge in [-0.1, -0.05) is 23.3 Å². The molecule has 1 heterocycles. The molecule has 4 heteroatoms. The van der Waals surface area contributed by atoms with Crippen LogP contribution >= 0.6 is 0 Å². The topological polar surface area (TPSA) is 51.0 Å². The van der Waals surface area contributed by atoms with Crippen LogP contribution in [0.5, 0.6) is 0 Å². The first-order chi connectivity index (χ1) is 7.96. The molecule has 4 nitrogen and oxygen atoms in total. The van der Waals surface area contributed by atoms with E-state index in [1.54, 1.807) is 0 Å². The third-order valence-corrected chi connectivity index (χ3v) is 2.28. The normalized spacial score (nSPS) is 11.5. The van der Waals surface area contributed by atoms with Crippen molar-refractivity contribution in [2.24, 2.45) is 0 Å². The van der Waals surface area contributed by atoms with E-state index in [4.69, 9.17) is 4.42 Å². The lowest BCUT2D eigenvalue weighted by molar-refractivity contribution is 0.538. The van der Waals surface area contributed by atoms with E-state index in [9.17, 15) is 0 Å². The summed E-state index contributed by atoms with van der Waals surface area (Å²) >= 11 is 0. The van der Waals surface area contributed by atoms with Crippen LogP contribution in [0.25, 0.3) is 11.5 Å². The van der Waals surface area contributed by atoms with Crippen LogP contribution in [-0.4, -0.2) is 15.7 Å². The van der Waals surface area contributed by atoms with Crippen LogP contribution in [0.2, 0.25) is 0 Å². The molecule has 17 heavy (non-hydrogen) atoms. The first-order valence-corrected chi connectivity index (χ1v) is 5.63. The van der Waals surface area contributed by atoms with Gasteiger partial charge in [-0.15, -0.1) is 5.10 Å². The van der Waals surface area contributed by atoms with Crippen LogP contribution in [0.3, 0.4) is 0 Å². The largest absolute Gasteiger partial charge is 0.403 e. The van der Waals surface area contributed by atoms with Crippen molar-refractivity contribution in [2.45, 2.75) is 33.2 Å². The zero-order chi connectivity index (χ0) is 12.5. The molecule has 0 atom stereocenters. The summed E-state index contributed by atoms with van der Waals surface area (Å²) in [6, 6.07) is 8.41. The fourth-order valence-electron chi connectivity index (χ4n) is 1.52. The fraction of sp³-hybridized carbons (Fsp3) is 0.385. The van der Waals surface area contributed by atoms with E-state index in [0.29, 0.717) is 11.9 Å². The molecular weight excluding hydrogens is 214 g/mol. The van der Waals surface area contributed by atoms with Gasteiger partial charge in [-0.3, -0.25) is 0 Å². The quantitative estimate of drug-likeness (QED) is 0.862. The number of nitrogens with zero attached hydrogens (tertiary/aromatic N) is 2. The molecule has 0 saturated heterocycles. The minimum Gasteiger partial charge on any atom is -0.403 e. The maximum absolute atomic E-state index is 5.59. The Kier molecular flexibility index (Phi) is 2.88. The lowest BCUT2D eigenvalue weighted by Crippen LogP contribution is -2.26. The van der Waals surface area contributed by atoms with E-state index >= 15 is 0 Å². The van der Waals surface area contributed by atoms with Gasteiger partial charge < -0.3 is 9.73 Å². The van der Waals surface area contributed by atoms with Gasteiger partial charge in [0.25, 0.3) is 0 Å². The van der Waals surface area contributed by atoms with Gasteiger partial charge in [-0.25, -0.2) is 0 Å². The molecule has 0 unspecified atom stereocenters. The van der Waals surface area contributed by atoms with Gasteiger partial charge in [-0.05, 0) is 39.3 Å². The first kappa shape index (κ1) is 11.6. The average molecular weight is 231 g/mol. The Labute approximate surface area is 101 Å². The Hall–Kier alpha value is -1.84. The molecule has 0 bridgehead atoms. The van der Waals surface area contributed by atoms with Crippen LogP contribution in [0.4, 0.5) is 6.01 Å². The highest BCUT2D eigenvalue weighted by Gasteiger charge is 2.15. The van der Waals surface area contributed by atoms with Gasteiger partial charge in [-0.2, -0.15) is 0 Å². The molecule has 0 amide bonds. The van der Waals surface area contributed by atoms with E-state index in [-0.39, 0.29) is 5.54 Å². The second kappa shape index (κ2) is 4.20. The van der Waals surface area contributed by atoms with Crippen LogP contribution < -0.4 is 5.32 Å². The number of nitrogens with one attached hydrogen (secondary N) is 1. The molecule has 1 aromatic heterocycles. The maximum atomic E-state index is 5.59. The Balaban J connectivity index is 2.28. The third kappa shape index (κ3) is 2.84. The molecule has 0 aliphatic heterocycles. The fourth-order valence-corrected chi connectivity index (χ4v) is 1.52. The summed E-state index contributed by atoms with van der Waals surface area (Å²) in [5, 5.41) is 11.2. The van der Waals surface area contributed by atoms with Crippen molar-refractivity contribution in [3.8, 4) is 11.5 Å². The number of benzene rings is 1. The molecule has 2 rings (SSSR count). The molecular formula is C13H17N3O. The number of aryl methyl sites for hydroxylation is 1. The predicted octanol–water partition coefficient (Wildman–Crippen LogP) is 3.26. The second-order valence-corrected chi connectivity index (χ2v) is 5.10. The van der Waals surface area contributed by atoms with Crippen LogP contribution in [0.1, 0.15) is 26.3 Å². The lowest BCUT2D eigenvalue weighted by atomic mass is 10.1. The van der Waals surface area contributed by atoms with Gasteiger partial charge in [0, 0.05) is 11.1 Å². The van der Waals surface area contributed by atoms with Crippen molar-refractivity contribution in [3.63, 3.8) is 0 Å². The first-order valence-electron chi connectivity index (χ1n) is 5.63. The summed E-state index contributed by atoms with van der Waals surface area (Å²) in [6.07, 6.45) is 0. The summed E-state index contributed by atoms with van der Waals surface area (Å²) in [5.74, 6) is 0.551. The van der Waals surface area contributed by atoms with Crippen molar-refractivity contribution in [3.05, 3.63) is 29.8 Å². The molecule has 0 radical (unpaired) electrons. The molecule has 0 saturated carbocycles. The molecule has 0 aliphatic rings. The summed E-state index contributed by atoms with van der Waals surface area (Å²) in [7, 11) is 0. The summed E-state index contributed by atoms with van der Waals surface area (Å²) in [5.41, 5.74) is 2.01. The number of rotatable bonds is 2. The molecule has 1 aromatic carbocycles. The Morgan fingerprint density at radius 1 is 1.12 bits per heavy atom. The van der Waals surface area contributed by atoms with Crippen molar-refractivity contribution in [1.82, 2.24) is 10.2 Å².